The molecule has 0 aliphatic heterocycles. The second-order valence-electron chi connectivity index (χ2n) is 9.98. The van der Waals surface area contributed by atoms with Gasteiger partial charge in [0.2, 0.25) is 17.7 Å². The first-order valence-electron chi connectivity index (χ1n) is 11.0. The number of amides is 1. The van der Waals surface area contributed by atoms with Gasteiger partial charge in [-0.05, 0) is 50.9 Å². The predicted octanol–water partition coefficient (Wildman–Crippen LogP) is 3.47. The highest BCUT2D eigenvalue weighted by atomic mass is 19.4. The van der Waals surface area contributed by atoms with Gasteiger partial charge >= 0.3 is 12.7 Å². The lowest BCUT2D eigenvalue weighted by Gasteiger charge is -2.68. The van der Waals surface area contributed by atoms with Crippen molar-refractivity contribution in [3.05, 3.63) is 11.8 Å². The monoisotopic (exact) mass is 499 g/mol. The van der Waals surface area contributed by atoms with Gasteiger partial charge in [0.1, 0.15) is 6.61 Å². The maximum atomic E-state index is 12.2. The molecule has 5 saturated carbocycles. The number of nitrogens with zero attached hydrogens (tertiary/aromatic N) is 2. The molecule has 5 aliphatic carbocycles. The first kappa shape index (κ1) is 23.8. The summed E-state index contributed by atoms with van der Waals surface area (Å²) in [5.74, 6) is 0.142. The molecule has 1 aromatic heterocycles. The Kier molecular flexibility index (Phi) is 5.63. The SMILES string of the molecule is O=C(COCC1CC(OC(F)(F)F)C1)NC12CC(c3nnc(C4CC(OC(F)(F)F)C4)o3)(C1)C2. The fraction of sp³-hybridized carbons (Fsp3) is 0.850. The van der Waals surface area contributed by atoms with Crippen LogP contribution in [0.4, 0.5) is 26.3 Å². The van der Waals surface area contributed by atoms with Crippen LogP contribution in [0.5, 0.6) is 0 Å². The number of carbonyl (C=O) groups excluding carboxylic acids is 1. The standard InChI is InChI=1S/C20H23F6N3O5/c21-19(22,23)33-12-1-10(2-12)5-31-6-14(30)27-18-7-17(8-18,9-18)16-29-28-15(32-16)11-3-13(4-11)34-20(24,25)26/h10-13H,1-9H2,(H,27,30). The van der Waals surface area contributed by atoms with Crippen LogP contribution in [0.3, 0.4) is 0 Å². The smallest absolute Gasteiger partial charge is 0.424 e. The third-order valence-corrected chi connectivity index (χ3v) is 7.15. The Morgan fingerprint density at radius 2 is 1.56 bits per heavy atom. The van der Waals surface area contributed by atoms with E-state index in [2.05, 4.69) is 25.0 Å². The molecule has 1 N–H and O–H groups in total. The average molecular weight is 499 g/mol. The van der Waals surface area contributed by atoms with Crippen LogP contribution in [-0.2, 0) is 24.4 Å². The first-order valence-corrected chi connectivity index (χ1v) is 11.0. The summed E-state index contributed by atoms with van der Waals surface area (Å²) in [5.41, 5.74) is -0.677. The lowest BCUT2D eigenvalue weighted by molar-refractivity contribution is -0.355. The zero-order valence-electron chi connectivity index (χ0n) is 17.9. The topological polar surface area (TPSA) is 95.7 Å². The molecule has 0 unspecified atom stereocenters. The third-order valence-electron chi connectivity index (χ3n) is 7.15. The van der Waals surface area contributed by atoms with E-state index in [0.29, 0.717) is 31.0 Å². The molecule has 0 aromatic carbocycles. The van der Waals surface area contributed by atoms with Crippen LogP contribution in [0.25, 0.3) is 0 Å². The Labute approximate surface area is 189 Å². The van der Waals surface area contributed by atoms with Crippen molar-refractivity contribution >= 4 is 5.91 Å². The second-order valence-corrected chi connectivity index (χ2v) is 9.98. The summed E-state index contributed by atoms with van der Waals surface area (Å²) in [6, 6.07) is 0. The van der Waals surface area contributed by atoms with Crippen LogP contribution in [0.2, 0.25) is 0 Å². The summed E-state index contributed by atoms with van der Waals surface area (Å²) in [5, 5.41) is 11.0. The van der Waals surface area contributed by atoms with E-state index in [1.54, 1.807) is 0 Å². The summed E-state index contributed by atoms with van der Waals surface area (Å²) in [6.45, 7) is 0.0203. The van der Waals surface area contributed by atoms with Gasteiger partial charge in [-0.2, -0.15) is 0 Å². The second kappa shape index (κ2) is 8.05. The maximum absolute atomic E-state index is 12.2. The molecule has 0 saturated heterocycles. The number of alkyl halides is 6. The molecule has 1 aromatic rings. The van der Waals surface area contributed by atoms with E-state index in [0.717, 1.165) is 0 Å². The molecule has 5 fully saturated rings. The zero-order chi connectivity index (χ0) is 24.4. The van der Waals surface area contributed by atoms with E-state index < -0.39 is 24.9 Å². The highest BCUT2D eigenvalue weighted by Gasteiger charge is 2.72. The molecule has 1 amide bonds. The molecule has 34 heavy (non-hydrogen) atoms. The molecular formula is C20H23F6N3O5. The summed E-state index contributed by atoms with van der Waals surface area (Å²) in [4.78, 5) is 12.2. The minimum Gasteiger partial charge on any atom is -0.424 e. The van der Waals surface area contributed by atoms with E-state index in [9.17, 15) is 31.1 Å². The van der Waals surface area contributed by atoms with Crippen LogP contribution < -0.4 is 5.32 Å². The Morgan fingerprint density at radius 3 is 2.15 bits per heavy atom. The van der Waals surface area contributed by atoms with E-state index in [4.69, 9.17) is 9.15 Å². The molecule has 0 atom stereocenters. The fourth-order valence-electron chi connectivity index (χ4n) is 5.56. The molecule has 8 nitrogen and oxygen atoms in total. The normalized spacial score (nSPS) is 36.6. The van der Waals surface area contributed by atoms with E-state index in [1.807, 2.05) is 0 Å². The largest absolute Gasteiger partial charge is 0.522 e. The number of nitrogens with one attached hydrogen (secondary N) is 1. The van der Waals surface area contributed by atoms with Crippen molar-refractivity contribution in [2.24, 2.45) is 5.92 Å². The van der Waals surface area contributed by atoms with Crippen LogP contribution >= 0.6 is 0 Å². The number of halogens is 6. The minimum atomic E-state index is -4.66. The molecule has 5 aliphatic rings. The number of carbonyl (C=O) groups is 1. The predicted molar refractivity (Wildman–Crippen MR) is 98.1 cm³/mol. The quantitative estimate of drug-likeness (QED) is 0.520. The molecule has 14 heteroatoms. The van der Waals surface area contributed by atoms with Gasteiger partial charge in [0, 0.05) is 11.5 Å². The molecular weight excluding hydrogens is 476 g/mol. The first-order chi connectivity index (χ1) is 15.8. The summed E-state index contributed by atoms with van der Waals surface area (Å²) in [7, 11) is 0. The van der Waals surface area contributed by atoms with E-state index in [1.165, 1.54) is 0 Å². The van der Waals surface area contributed by atoms with E-state index in [-0.39, 0.29) is 67.6 Å². The minimum absolute atomic E-state index is 0.0592. The lowest BCUT2D eigenvalue weighted by atomic mass is 9.39. The van der Waals surface area contributed by atoms with Crippen LogP contribution in [-0.4, -0.2) is 59.8 Å². The number of hydrogen-bond donors (Lipinski definition) is 1. The van der Waals surface area contributed by atoms with Gasteiger partial charge in [0.25, 0.3) is 0 Å². The fourth-order valence-corrected chi connectivity index (χ4v) is 5.56. The van der Waals surface area contributed by atoms with Gasteiger partial charge in [0.05, 0.1) is 24.2 Å². The number of hydrogen-bond acceptors (Lipinski definition) is 7. The van der Waals surface area contributed by atoms with Gasteiger partial charge in [-0.15, -0.1) is 36.5 Å². The van der Waals surface area contributed by atoms with Gasteiger partial charge in [0.15, 0.2) is 0 Å². The third kappa shape index (κ3) is 4.89. The van der Waals surface area contributed by atoms with Gasteiger partial charge in [-0.25, -0.2) is 0 Å². The summed E-state index contributed by atoms with van der Waals surface area (Å²) in [6.07, 6.45) is -8.32. The van der Waals surface area contributed by atoms with Crippen molar-refractivity contribution in [1.29, 1.82) is 0 Å². The van der Waals surface area contributed by atoms with Gasteiger partial charge < -0.3 is 14.5 Å². The molecule has 1 heterocycles. The van der Waals surface area contributed by atoms with Crippen molar-refractivity contribution in [3.8, 4) is 0 Å². The highest BCUT2D eigenvalue weighted by Crippen LogP contribution is 2.67. The Morgan fingerprint density at radius 1 is 0.971 bits per heavy atom. The zero-order valence-corrected chi connectivity index (χ0v) is 17.9. The van der Waals surface area contributed by atoms with Gasteiger partial charge in [-0.3, -0.25) is 14.3 Å². The summed E-state index contributed by atoms with van der Waals surface area (Å²) < 4.78 is 92.0. The number of ether oxygens (including phenoxy) is 3. The van der Waals surface area contributed by atoms with Crippen LogP contribution in [0.1, 0.15) is 62.6 Å². The highest BCUT2D eigenvalue weighted by molar-refractivity contribution is 5.79. The van der Waals surface area contributed by atoms with Crippen LogP contribution in [0.15, 0.2) is 4.42 Å². The average Bonchev–Trinajstić information content (AvgIpc) is 3.04. The number of aromatic nitrogens is 2. The number of rotatable bonds is 9. The van der Waals surface area contributed by atoms with E-state index >= 15 is 0 Å². The van der Waals surface area contributed by atoms with Crippen LogP contribution in [0, 0.1) is 5.92 Å². The van der Waals surface area contributed by atoms with Crippen molar-refractivity contribution in [1.82, 2.24) is 15.5 Å². The van der Waals surface area contributed by atoms with Crippen molar-refractivity contribution in [3.63, 3.8) is 0 Å². The molecule has 190 valence electrons. The molecule has 2 bridgehead atoms. The van der Waals surface area contributed by atoms with Crippen molar-refractivity contribution in [2.75, 3.05) is 13.2 Å². The molecule has 6 rings (SSSR count). The lowest BCUT2D eigenvalue weighted by Crippen LogP contribution is -2.77. The van der Waals surface area contributed by atoms with Crippen molar-refractivity contribution in [2.45, 2.75) is 86.8 Å². The Hall–Kier alpha value is -1.93. The Balaban J connectivity index is 0.986. The Bertz CT molecular complexity index is 903. The van der Waals surface area contributed by atoms with Gasteiger partial charge in [-0.1, -0.05) is 0 Å². The maximum Gasteiger partial charge on any atom is 0.522 e. The van der Waals surface area contributed by atoms with Crippen molar-refractivity contribution < 1.29 is 49.8 Å². The molecule has 0 spiro atoms. The summed E-state index contributed by atoms with van der Waals surface area (Å²) >= 11 is 0. The molecule has 0 radical (unpaired) electrons.